The van der Waals surface area contributed by atoms with E-state index in [0.717, 1.165) is 23.8 Å². The first kappa shape index (κ1) is 19.7. The van der Waals surface area contributed by atoms with Crippen LogP contribution >= 0.6 is 0 Å². The van der Waals surface area contributed by atoms with Crippen molar-refractivity contribution in [2.45, 2.75) is 25.9 Å². The summed E-state index contributed by atoms with van der Waals surface area (Å²) in [5.41, 5.74) is 1.17. The molecule has 0 saturated carbocycles. The van der Waals surface area contributed by atoms with Gasteiger partial charge in [-0.3, -0.25) is 0 Å². The van der Waals surface area contributed by atoms with Crippen molar-refractivity contribution >= 4 is 16.8 Å². The van der Waals surface area contributed by atoms with Gasteiger partial charge < -0.3 is 4.74 Å². The second-order valence-corrected chi connectivity index (χ2v) is 6.53. The number of hydrogen-bond donors (Lipinski definition) is 0. The second kappa shape index (κ2) is 8.34. The maximum atomic E-state index is 14.5. The van der Waals surface area contributed by atoms with E-state index >= 15 is 0 Å². The lowest BCUT2D eigenvalue weighted by Gasteiger charge is -2.19. The van der Waals surface area contributed by atoms with Gasteiger partial charge in [-0.1, -0.05) is 36.4 Å². The van der Waals surface area contributed by atoms with Crippen molar-refractivity contribution in [3.05, 3.63) is 95.8 Å². The Balaban J connectivity index is 1.83. The van der Waals surface area contributed by atoms with Crippen LogP contribution in [0.15, 0.2) is 73.3 Å². The highest BCUT2D eigenvalue weighted by molar-refractivity contribution is 5.86. The third-order valence-electron chi connectivity index (χ3n) is 4.45. The molecule has 1 nitrogen and oxygen atoms in total. The predicted octanol–water partition coefficient (Wildman–Crippen LogP) is 7.26. The van der Waals surface area contributed by atoms with Crippen molar-refractivity contribution in [1.82, 2.24) is 0 Å². The van der Waals surface area contributed by atoms with Crippen LogP contribution < -0.4 is 4.74 Å². The van der Waals surface area contributed by atoms with Crippen molar-refractivity contribution in [3.8, 4) is 5.75 Å². The number of allylic oxidation sites excluding steroid dienone is 2. The third kappa shape index (κ3) is 4.45. The van der Waals surface area contributed by atoms with Gasteiger partial charge >= 0.3 is 6.11 Å². The summed E-state index contributed by atoms with van der Waals surface area (Å²) in [6.07, 6.45) is 3.23. The molecule has 0 aliphatic heterocycles. The standard InChI is InChI=1S/C24H21F3O/c1-3-5-7-17-8-11-21(12-9-17)24(26,27)28-22-13-10-18-14-19(6-4-2)23(25)16-20(18)15-22/h3-4,6,8-16H,1,5,7H2,2H3/b6-4+. The molecule has 3 aromatic rings. The number of hydrogen-bond acceptors (Lipinski definition) is 1. The molecule has 3 aromatic carbocycles. The molecule has 0 unspecified atom stereocenters. The normalized spacial score (nSPS) is 11.9. The van der Waals surface area contributed by atoms with E-state index in [9.17, 15) is 13.2 Å². The molecule has 0 fully saturated rings. The van der Waals surface area contributed by atoms with Crippen molar-refractivity contribution in [2.24, 2.45) is 0 Å². The highest BCUT2D eigenvalue weighted by atomic mass is 19.3. The highest BCUT2D eigenvalue weighted by Crippen LogP contribution is 2.33. The Morgan fingerprint density at radius 3 is 2.43 bits per heavy atom. The van der Waals surface area contributed by atoms with Gasteiger partial charge in [-0.05, 0) is 72.5 Å². The Bertz CT molecular complexity index is 1000. The van der Waals surface area contributed by atoms with Gasteiger partial charge in [-0.2, -0.15) is 8.78 Å². The molecule has 0 aliphatic rings. The Labute approximate surface area is 162 Å². The van der Waals surface area contributed by atoms with Crippen LogP contribution in [0.1, 0.15) is 30.0 Å². The van der Waals surface area contributed by atoms with Gasteiger partial charge in [-0.15, -0.1) is 6.58 Å². The van der Waals surface area contributed by atoms with Gasteiger partial charge in [-0.25, -0.2) is 4.39 Å². The molecule has 0 bridgehead atoms. The fourth-order valence-electron chi connectivity index (χ4n) is 2.98. The minimum absolute atomic E-state index is 0.0218. The lowest BCUT2D eigenvalue weighted by atomic mass is 10.1. The molecule has 4 heteroatoms. The maximum absolute atomic E-state index is 14.5. The molecule has 0 radical (unpaired) electrons. The van der Waals surface area contributed by atoms with Crippen LogP contribution in [0.25, 0.3) is 16.8 Å². The minimum Gasteiger partial charge on any atom is -0.429 e. The molecule has 28 heavy (non-hydrogen) atoms. The number of aryl methyl sites for hydroxylation is 1. The minimum atomic E-state index is -3.49. The summed E-state index contributed by atoms with van der Waals surface area (Å²) in [6, 6.07) is 13.6. The van der Waals surface area contributed by atoms with Crippen molar-refractivity contribution in [1.29, 1.82) is 0 Å². The van der Waals surface area contributed by atoms with Crippen molar-refractivity contribution in [3.63, 3.8) is 0 Å². The van der Waals surface area contributed by atoms with Crippen LogP contribution in [-0.4, -0.2) is 0 Å². The third-order valence-corrected chi connectivity index (χ3v) is 4.45. The van der Waals surface area contributed by atoms with E-state index in [-0.39, 0.29) is 11.3 Å². The van der Waals surface area contributed by atoms with Gasteiger partial charge in [0.1, 0.15) is 11.6 Å². The van der Waals surface area contributed by atoms with Crippen LogP contribution in [0.3, 0.4) is 0 Å². The molecule has 0 aromatic heterocycles. The Morgan fingerprint density at radius 2 is 1.75 bits per heavy atom. The molecule has 0 spiro atoms. The SMILES string of the molecule is C=CCCc1ccc(C(F)(F)Oc2ccc3cc(/C=C/C)c(F)cc3c2)cc1. The van der Waals surface area contributed by atoms with Gasteiger partial charge in [0.25, 0.3) is 0 Å². The van der Waals surface area contributed by atoms with E-state index in [4.69, 9.17) is 4.74 Å². The molecule has 3 rings (SSSR count). The number of halogens is 3. The largest absolute Gasteiger partial charge is 0.429 e. The lowest BCUT2D eigenvalue weighted by molar-refractivity contribution is -0.185. The van der Waals surface area contributed by atoms with E-state index in [1.807, 2.05) is 0 Å². The number of rotatable bonds is 7. The number of alkyl halides is 2. The van der Waals surface area contributed by atoms with Crippen molar-refractivity contribution < 1.29 is 17.9 Å². The molecule has 0 N–H and O–H groups in total. The summed E-state index contributed by atoms with van der Waals surface area (Å²) in [6.45, 7) is 5.45. The quantitative estimate of drug-likeness (QED) is 0.391. The zero-order valence-electron chi connectivity index (χ0n) is 15.6. The van der Waals surface area contributed by atoms with Crippen LogP contribution in [0.5, 0.6) is 5.75 Å². The maximum Gasteiger partial charge on any atom is 0.426 e. The van der Waals surface area contributed by atoms with Crippen LogP contribution in [0.2, 0.25) is 0 Å². The number of benzene rings is 3. The highest BCUT2D eigenvalue weighted by Gasteiger charge is 2.34. The summed E-state index contributed by atoms with van der Waals surface area (Å²) >= 11 is 0. The van der Waals surface area contributed by atoms with Gasteiger partial charge in [0, 0.05) is 5.56 Å². The first-order valence-electron chi connectivity index (χ1n) is 9.06. The fourth-order valence-corrected chi connectivity index (χ4v) is 2.98. The van der Waals surface area contributed by atoms with E-state index in [0.29, 0.717) is 10.9 Å². The zero-order chi connectivity index (χ0) is 20.1. The first-order valence-corrected chi connectivity index (χ1v) is 9.06. The van der Waals surface area contributed by atoms with Gasteiger partial charge in [0.2, 0.25) is 0 Å². The van der Waals surface area contributed by atoms with E-state index in [1.165, 1.54) is 30.3 Å². The summed E-state index contributed by atoms with van der Waals surface area (Å²) < 4.78 is 48.2. The average Bonchev–Trinajstić information content (AvgIpc) is 2.67. The number of ether oxygens (including phenoxy) is 1. The van der Waals surface area contributed by atoms with E-state index in [1.54, 1.807) is 49.4 Å². The monoisotopic (exact) mass is 382 g/mol. The van der Waals surface area contributed by atoms with E-state index in [2.05, 4.69) is 6.58 Å². The van der Waals surface area contributed by atoms with Crippen LogP contribution in [-0.2, 0) is 12.5 Å². The Kier molecular flexibility index (Phi) is 5.88. The summed E-state index contributed by atoms with van der Waals surface area (Å²) in [5.74, 6) is -0.434. The topological polar surface area (TPSA) is 9.23 Å². The first-order chi connectivity index (χ1) is 13.4. The average molecular weight is 382 g/mol. The van der Waals surface area contributed by atoms with Crippen LogP contribution in [0.4, 0.5) is 13.2 Å². The fraction of sp³-hybridized carbons (Fsp3) is 0.167. The van der Waals surface area contributed by atoms with E-state index < -0.39 is 11.9 Å². The zero-order valence-corrected chi connectivity index (χ0v) is 15.6. The van der Waals surface area contributed by atoms with Crippen LogP contribution in [0, 0.1) is 5.82 Å². The molecular formula is C24H21F3O. The van der Waals surface area contributed by atoms with Crippen molar-refractivity contribution in [2.75, 3.05) is 0 Å². The molecular weight excluding hydrogens is 361 g/mol. The Morgan fingerprint density at radius 1 is 1.00 bits per heavy atom. The van der Waals surface area contributed by atoms with Gasteiger partial charge in [0.05, 0.1) is 5.56 Å². The van der Waals surface area contributed by atoms with Gasteiger partial charge in [0.15, 0.2) is 0 Å². The summed E-state index contributed by atoms with van der Waals surface area (Å²) in [5, 5.41) is 1.25. The second-order valence-electron chi connectivity index (χ2n) is 6.53. The summed E-state index contributed by atoms with van der Waals surface area (Å²) in [4.78, 5) is 0. The number of fused-ring (bicyclic) bond motifs is 1. The smallest absolute Gasteiger partial charge is 0.426 e. The molecule has 0 amide bonds. The lowest BCUT2D eigenvalue weighted by Crippen LogP contribution is -2.21. The molecule has 0 aliphatic carbocycles. The molecule has 0 atom stereocenters. The molecule has 144 valence electrons. The predicted molar refractivity (Wildman–Crippen MR) is 108 cm³/mol. The molecule has 0 saturated heterocycles. The Hall–Kier alpha value is -3.01. The summed E-state index contributed by atoms with van der Waals surface area (Å²) in [7, 11) is 0. The molecule has 0 heterocycles.